The molecule has 4 heterocycles. The molecule has 13 nitrogen and oxygen atoms in total. The molecule has 0 unspecified atom stereocenters. The SMILES string of the molecule is COC(=O)N[C@H](C(=O)N1CCC[C@H]1c1ncc(-c2ccc(-c3ccc(NC(=O)c4ccc(N5CCN(C(=O)[C@H]6CC6(C)C)C[C@H]5C)nc4)cc3)cc2)[nH]1)C(C)C. The number of carbonyl (C=O) groups excluding carboxylic acids is 4. The fourth-order valence-corrected chi connectivity index (χ4v) is 7.93. The third-order valence-electron chi connectivity index (χ3n) is 11.6. The van der Waals surface area contributed by atoms with Crippen molar-refractivity contribution in [1.29, 1.82) is 0 Å². The summed E-state index contributed by atoms with van der Waals surface area (Å²) in [5.41, 5.74) is 5.10. The summed E-state index contributed by atoms with van der Waals surface area (Å²) >= 11 is 0. The van der Waals surface area contributed by atoms with E-state index in [1.807, 2.05) is 73.3 Å². The Morgan fingerprint density at radius 3 is 2.18 bits per heavy atom. The number of aromatic nitrogens is 3. The number of nitrogens with zero attached hydrogens (tertiary/aromatic N) is 5. The Balaban J connectivity index is 0.929. The van der Waals surface area contributed by atoms with Crippen molar-refractivity contribution < 1.29 is 23.9 Å². The van der Waals surface area contributed by atoms with Crippen LogP contribution >= 0.6 is 0 Å². The van der Waals surface area contributed by atoms with Crippen LogP contribution in [-0.4, -0.2) is 93.9 Å². The number of methoxy groups -OCH3 is 1. The fourth-order valence-electron chi connectivity index (χ4n) is 7.93. The van der Waals surface area contributed by atoms with Gasteiger partial charge in [0.2, 0.25) is 11.8 Å². The first-order chi connectivity index (χ1) is 26.8. The molecule has 3 fully saturated rings. The number of piperazine rings is 1. The molecule has 7 rings (SSSR count). The summed E-state index contributed by atoms with van der Waals surface area (Å²) in [6.45, 7) is 12.9. The minimum atomic E-state index is -0.688. The smallest absolute Gasteiger partial charge is 0.407 e. The van der Waals surface area contributed by atoms with Gasteiger partial charge in [0, 0.05) is 50.0 Å². The van der Waals surface area contributed by atoms with Gasteiger partial charge in [-0.3, -0.25) is 14.4 Å². The van der Waals surface area contributed by atoms with E-state index in [-0.39, 0.29) is 47.1 Å². The summed E-state index contributed by atoms with van der Waals surface area (Å²) in [5.74, 6) is 1.44. The second-order valence-corrected chi connectivity index (χ2v) is 16.3. The molecule has 0 bridgehead atoms. The Morgan fingerprint density at radius 2 is 1.57 bits per heavy atom. The zero-order valence-corrected chi connectivity index (χ0v) is 33.0. The Morgan fingerprint density at radius 1 is 0.893 bits per heavy atom. The molecule has 4 amide bonds. The molecular weight excluding hydrogens is 709 g/mol. The molecule has 3 N–H and O–H groups in total. The van der Waals surface area contributed by atoms with E-state index in [9.17, 15) is 19.2 Å². The largest absolute Gasteiger partial charge is 0.453 e. The third kappa shape index (κ3) is 8.12. The van der Waals surface area contributed by atoms with Gasteiger partial charge in [-0.2, -0.15) is 0 Å². The van der Waals surface area contributed by atoms with Gasteiger partial charge in [-0.15, -0.1) is 0 Å². The highest BCUT2D eigenvalue weighted by atomic mass is 16.5. The number of amides is 4. The number of aromatic amines is 1. The van der Waals surface area contributed by atoms with Crippen LogP contribution in [0.25, 0.3) is 22.4 Å². The molecule has 1 aliphatic carbocycles. The predicted octanol–water partition coefficient (Wildman–Crippen LogP) is 6.52. The number of ether oxygens (including phenoxy) is 1. The van der Waals surface area contributed by atoms with E-state index in [2.05, 4.69) is 51.3 Å². The molecule has 1 saturated carbocycles. The minimum Gasteiger partial charge on any atom is -0.453 e. The number of benzene rings is 2. The molecule has 2 aromatic heterocycles. The number of likely N-dealkylation sites (tertiary alicyclic amines) is 1. The monoisotopic (exact) mass is 760 g/mol. The first-order valence-corrected chi connectivity index (χ1v) is 19.6. The van der Waals surface area contributed by atoms with Gasteiger partial charge in [-0.25, -0.2) is 14.8 Å². The van der Waals surface area contributed by atoms with Crippen LogP contribution in [0.3, 0.4) is 0 Å². The molecule has 2 aliphatic heterocycles. The van der Waals surface area contributed by atoms with E-state index in [1.54, 1.807) is 23.4 Å². The van der Waals surface area contributed by atoms with Crippen molar-refractivity contribution in [3.05, 3.63) is 84.4 Å². The second kappa shape index (κ2) is 15.8. The Hall–Kier alpha value is -5.72. The third-order valence-corrected chi connectivity index (χ3v) is 11.6. The van der Waals surface area contributed by atoms with Crippen molar-refractivity contribution in [3.8, 4) is 22.4 Å². The van der Waals surface area contributed by atoms with Crippen molar-refractivity contribution in [1.82, 2.24) is 30.1 Å². The normalized spacial score (nSPS) is 20.8. The van der Waals surface area contributed by atoms with Gasteiger partial charge in [-0.05, 0) is 78.5 Å². The molecule has 2 saturated heterocycles. The Bertz CT molecular complexity index is 2060. The van der Waals surface area contributed by atoms with Crippen LogP contribution in [0.5, 0.6) is 0 Å². The molecule has 294 valence electrons. The van der Waals surface area contributed by atoms with Crippen molar-refractivity contribution in [2.24, 2.45) is 17.3 Å². The molecule has 0 spiro atoms. The number of anilines is 2. The number of imidazole rings is 1. The van der Waals surface area contributed by atoms with E-state index in [0.29, 0.717) is 37.4 Å². The number of H-pyrrole nitrogens is 1. The van der Waals surface area contributed by atoms with Gasteiger partial charge in [0.05, 0.1) is 30.6 Å². The van der Waals surface area contributed by atoms with Crippen LogP contribution in [-0.2, 0) is 14.3 Å². The van der Waals surface area contributed by atoms with Crippen LogP contribution in [0.2, 0.25) is 0 Å². The van der Waals surface area contributed by atoms with Crippen molar-refractivity contribution in [2.75, 3.05) is 43.5 Å². The molecular formula is C43H52N8O5. The van der Waals surface area contributed by atoms with Gasteiger partial charge >= 0.3 is 6.09 Å². The lowest BCUT2D eigenvalue weighted by Crippen LogP contribution is -2.54. The first-order valence-electron chi connectivity index (χ1n) is 19.6. The summed E-state index contributed by atoms with van der Waals surface area (Å²) < 4.78 is 4.75. The van der Waals surface area contributed by atoms with Gasteiger partial charge in [0.15, 0.2) is 0 Å². The fraction of sp³-hybridized carbons (Fsp3) is 0.442. The average Bonchev–Trinajstić information content (AvgIpc) is 3.54. The number of alkyl carbamates (subject to hydrolysis) is 1. The lowest BCUT2D eigenvalue weighted by Gasteiger charge is -2.40. The van der Waals surface area contributed by atoms with E-state index in [1.165, 1.54) is 7.11 Å². The first kappa shape index (κ1) is 38.6. The number of pyridine rings is 1. The zero-order valence-electron chi connectivity index (χ0n) is 33.0. The Labute approximate surface area is 328 Å². The number of hydrogen-bond donors (Lipinski definition) is 3. The maximum Gasteiger partial charge on any atom is 0.407 e. The van der Waals surface area contributed by atoms with E-state index in [4.69, 9.17) is 4.74 Å². The van der Waals surface area contributed by atoms with Crippen LogP contribution in [0, 0.1) is 17.3 Å². The summed E-state index contributed by atoms with van der Waals surface area (Å²) in [7, 11) is 1.29. The molecule has 0 radical (unpaired) electrons. The zero-order chi connectivity index (χ0) is 39.7. The van der Waals surface area contributed by atoms with Crippen molar-refractivity contribution >= 4 is 35.3 Å². The number of rotatable bonds is 10. The lowest BCUT2D eigenvalue weighted by molar-refractivity contribution is -0.135. The van der Waals surface area contributed by atoms with Crippen molar-refractivity contribution in [2.45, 2.75) is 72.0 Å². The van der Waals surface area contributed by atoms with Gasteiger partial charge in [0.1, 0.15) is 17.7 Å². The summed E-state index contributed by atoms with van der Waals surface area (Å²) in [6.07, 6.45) is 5.36. The number of carbonyl (C=O) groups is 4. The van der Waals surface area contributed by atoms with Gasteiger partial charge in [0.25, 0.3) is 5.91 Å². The highest BCUT2D eigenvalue weighted by Crippen LogP contribution is 2.52. The van der Waals surface area contributed by atoms with Gasteiger partial charge in [-0.1, -0.05) is 64.1 Å². The summed E-state index contributed by atoms with van der Waals surface area (Å²) in [6, 6.07) is 18.8. The molecule has 2 aromatic carbocycles. The molecule has 56 heavy (non-hydrogen) atoms. The quantitative estimate of drug-likeness (QED) is 0.165. The van der Waals surface area contributed by atoms with Crippen LogP contribution < -0.4 is 15.5 Å². The maximum absolute atomic E-state index is 13.5. The predicted molar refractivity (Wildman–Crippen MR) is 215 cm³/mol. The van der Waals surface area contributed by atoms with E-state index < -0.39 is 12.1 Å². The highest BCUT2D eigenvalue weighted by Gasteiger charge is 2.52. The van der Waals surface area contributed by atoms with Crippen LogP contribution in [0.4, 0.5) is 16.3 Å². The summed E-state index contributed by atoms with van der Waals surface area (Å²) in [4.78, 5) is 70.2. The highest BCUT2D eigenvalue weighted by molar-refractivity contribution is 6.04. The van der Waals surface area contributed by atoms with Crippen LogP contribution in [0.1, 0.15) is 76.1 Å². The molecule has 13 heteroatoms. The summed E-state index contributed by atoms with van der Waals surface area (Å²) in [5, 5.41) is 5.67. The Kier molecular flexibility index (Phi) is 10.9. The second-order valence-electron chi connectivity index (χ2n) is 16.3. The topological polar surface area (TPSA) is 153 Å². The van der Waals surface area contributed by atoms with Crippen LogP contribution in [0.15, 0.2) is 73.1 Å². The maximum atomic E-state index is 13.5. The minimum absolute atomic E-state index is 0.105. The number of nitrogens with one attached hydrogen (secondary N) is 3. The van der Waals surface area contributed by atoms with E-state index >= 15 is 0 Å². The molecule has 4 atom stereocenters. The molecule has 3 aliphatic rings. The standard InChI is InChI=1S/C43H52N8O5/c1-26(2)37(48-42(55)56-6)41(54)51-19-7-8-35(51)38-45-24-34(47-38)30-11-9-28(10-12-30)29-13-16-32(17-14-29)46-39(52)31-15-18-36(44-23-31)50-21-20-49(25-27(50)3)40(53)33-22-43(33,4)5/h9-18,23-24,26-27,33,35,37H,7-8,19-22,25H2,1-6H3,(H,45,47)(H,46,52)(H,48,55)/t27-,33-,35+,37+/m1/s1. The van der Waals surface area contributed by atoms with Crippen molar-refractivity contribution in [3.63, 3.8) is 0 Å². The average molecular weight is 761 g/mol. The van der Waals surface area contributed by atoms with E-state index in [0.717, 1.165) is 53.3 Å². The van der Waals surface area contributed by atoms with Gasteiger partial charge < -0.3 is 35.1 Å². The lowest BCUT2D eigenvalue weighted by atomic mass is 10.0. The number of hydrogen-bond acceptors (Lipinski definition) is 8. The molecule has 4 aromatic rings.